The van der Waals surface area contributed by atoms with Gasteiger partial charge in [0.1, 0.15) is 5.78 Å². The van der Waals surface area contributed by atoms with E-state index < -0.39 is 8.32 Å². The lowest BCUT2D eigenvalue weighted by molar-refractivity contribution is -0.123. The Morgan fingerprint density at radius 2 is 1.80 bits per heavy atom. The molecule has 0 spiro atoms. The van der Waals surface area contributed by atoms with Crippen LogP contribution in [-0.2, 0) is 9.22 Å². The van der Waals surface area contributed by atoms with Crippen LogP contribution in [-0.4, -0.2) is 20.2 Å². The van der Waals surface area contributed by atoms with Crippen LogP contribution in [0.3, 0.4) is 0 Å². The fraction of sp³-hybridized carbons (Fsp3) is 0.889. The number of hydrogen-bond donors (Lipinski definition) is 0. The van der Waals surface area contributed by atoms with Crippen LogP contribution in [0.4, 0.5) is 0 Å². The lowest BCUT2D eigenvalue weighted by Crippen LogP contribution is -2.55. The van der Waals surface area contributed by atoms with Crippen molar-refractivity contribution >= 4 is 14.1 Å². The van der Waals surface area contributed by atoms with E-state index in [9.17, 15) is 4.79 Å². The van der Waals surface area contributed by atoms with E-state index in [-0.39, 0.29) is 10.5 Å². The Balaban J connectivity index is 1.65. The fourth-order valence-corrected chi connectivity index (χ4v) is 9.16. The smallest absolute Gasteiger partial charge is 0.192 e. The van der Waals surface area contributed by atoms with Gasteiger partial charge >= 0.3 is 0 Å². The van der Waals surface area contributed by atoms with Gasteiger partial charge in [0, 0.05) is 12.8 Å². The number of hydrogen-bond acceptors (Lipinski definition) is 2. The summed E-state index contributed by atoms with van der Waals surface area (Å²) in [6.45, 7) is 19.4. The van der Waals surface area contributed by atoms with E-state index >= 15 is 0 Å². The van der Waals surface area contributed by atoms with Gasteiger partial charge in [0.05, 0.1) is 6.10 Å². The first kappa shape index (κ1) is 22.8. The van der Waals surface area contributed by atoms with Gasteiger partial charge in [-0.1, -0.05) is 53.2 Å². The number of allylic oxidation sites excluding steroid dienone is 2. The van der Waals surface area contributed by atoms with Crippen LogP contribution in [0.15, 0.2) is 11.6 Å². The van der Waals surface area contributed by atoms with E-state index in [2.05, 4.69) is 60.7 Å². The molecule has 0 saturated heterocycles. The van der Waals surface area contributed by atoms with Crippen molar-refractivity contribution in [2.24, 2.45) is 34.5 Å². The molecule has 170 valence electrons. The van der Waals surface area contributed by atoms with E-state index in [1.54, 1.807) is 0 Å². The molecule has 0 radical (unpaired) electrons. The van der Waals surface area contributed by atoms with E-state index in [4.69, 9.17) is 4.43 Å². The Hall–Kier alpha value is -0.413. The molecule has 3 fully saturated rings. The summed E-state index contributed by atoms with van der Waals surface area (Å²) in [5.74, 6) is 3.45. The van der Waals surface area contributed by atoms with Crippen molar-refractivity contribution in [2.45, 2.75) is 117 Å². The number of fused-ring (bicyclic) bond motifs is 5. The minimum absolute atomic E-state index is 0.268. The highest BCUT2D eigenvalue weighted by Crippen LogP contribution is 2.66. The molecule has 4 rings (SSSR count). The van der Waals surface area contributed by atoms with Crippen LogP contribution in [0.2, 0.25) is 18.1 Å². The molecule has 0 aromatic heterocycles. The van der Waals surface area contributed by atoms with Gasteiger partial charge in [-0.3, -0.25) is 4.79 Å². The van der Waals surface area contributed by atoms with Gasteiger partial charge in [-0.2, -0.15) is 0 Å². The molecule has 4 aliphatic carbocycles. The third-order valence-electron chi connectivity index (χ3n) is 10.7. The van der Waals surface area contributed by atoms with Crippen molar-refractivity contribution < 1.29 is 9.22 Å². The summed E-state index contributed by atoms with van der Waals surface area (Å²) >= 11 is 0. The molecule has 3 saturated carbocycles. The first-order valence-corrected chi connectivity index (χ1v) is 15.6. The van der Waals surface area contributed by atoms with E-state index in [0.29, 0.717) is 23.2 Å². The van der Waals surface area contributed by atoms with Crippen LogP contribution < -0.4 is 0 Å². The first-order chi connectivity index (χ1) is 13.8. The van der Waals surface area contributed by atoms with Gasteiger partial charge in [0.25, 0.3) is 0 Å². The van der Waals surface area contributed by atoms with Gasteiger partial charge in [0.2, 0.25) is 0 Å². The van der Waals surface area contributed by atoms with Gasteiger partial charge in [-0.25, -0.2) is 0 Å². The minimum atomic E-state index is -1.76. The summed E-state index contributed by atoms with van der Waals surface area (Å²) in [4.78, 5) is 12.3. The largest absolute Gasteiger partial charge is 0.413 e. The average molecular weight is 431 g/mol. The Kier molecular flexibility index (Phi) is 5.54. The second-order valence-electron chi connectivity index (χ2n) is 13.2. The topological polar surface area (TPSA) is 26.3 Å². The van der Waals surface area contributed by atoms with Crippen molar-refractivity contribution in [3.8, 4) is 0 Å². The minimum Gasteiger partial charge on any atom is -0.413 e. The molecule has 0 unspecified atom stereocenters. The molecule has 0 amide bonds. The maximum Gasteiger partial charge on any atom is 0.192 e. The van der Waals surface area contributed by atoms with E-state index in [1.165, 1.54) is 37.7 Å². The molecular weight excluding hydrogens is 384 g/mol. The molecule has 0 aliphatic heterocycles. The van der Waals surface area contributed by atoms with Crippen LogP contribution in [0.1, 0.15) is 92.9 Å². The Morgan fingerprint density at radius 1 is 1.10 bits per heavy atom. The number of carbonyl (C=O) groups is 1. The zero-order chi connectivity index (χ0) is 22.1. The second kappa shape index (κ2) is 7.30. The molecule has 3 heteroatoms. The highest BCUT2D eigenvalue weighted by molar-refractivity contribution is 6.74. The van der Waals surface area contributed by atoms with Crippen LogP contribution in [0, 0.1) is 34.5 Å². The maximum absolute atomic E-state index is 12.3. The molecule has 0 N–H and O–H groups in total. The number of carbonyl (C=O) groups excluding carboxylic acids is 1. The molecule has 7 atom stereocenters. The summed E-state index contributed by atoms with van der Waals surface area (Å²) in [5, 5.41) is 0.273. The lowest BCUT2D eigenvalue weighted by atomic mass is 9.45. The predicted molar refractivity (Wildman–Crippen MR) is 128 cm³/mol. The SMILES string of the molecule is CC[C@H]1C=C2CC(=O)CC[C@]2(C)[C@H]2CC[C@]3(C)[C@@H](O[Si](C)(C)C(C)(C)C)CC[C@H]3[C@H]12. The Bertz CT molecular complexity index is 732. The quantitative estimate of drug-likeness (QED) is 0.341. The molecule has 0 aromatic rings. The van der Waals surface area contributed by atoms with Crippen LogP contribution in [0.25, 0.3) is 0 Å². The van der Waals surface area contributed by atoms with Crippen molar-refractivity contribution in [1.29, 1.82) is 0 Å². The van der Waals surface area contributed by atoms with Crippen molar-refractivity contribution in [3.63, 3.8) is 0 Å². The van der Waals surface area contributed by atoms with E-state index in [0.717, 1.165) is 37.0 Å². The molecule has 4 aliphatic rings. The van der Waals surface area contributed by atoms with Crippen LogP contribution in [0.5, 0.6) is 0 Å². The van der Waals surface area contributed by atoms with Gasteiger partial charge in [-0.15, -0.1) is 0 Å². The molecule has 0 heterocycles. The number of rotatable bonds is 3. The molecule has 0 bridgehead atoms. The highest BCUT2D eigenvalue weighted by Gasteiger charge is 2.61. The third kappa shape index (κ3) is 3.32. The summed E-state index contributed by atoms with van der Waals surface area (Å²) in [6, 6.07) is 0. The third-order valence-corrected chi connectivity index (χ3v) is 15.2. The molecule has 30 heavy (non-hydrogen) atoms. The fourth-order valence-electron chi connectivity index (χ4n) is 7.71. The summed E-state index contributed by atoms with van der Waals surface area (Å²) < 4.78 is 7.11. The van der Waals surface area contributed by atoms with Crippen molar-refractivity contribution in [3.05, 3.63) is 11.6 Å². The van der Waals surface area contributed by atoms with Crippen LogP contribution >= 0.6 is 0 Å². The normalized spacial score (nSPS) is 44.2. The second-order valence-corrected chi connectivity index (χ2v) is 17.9. The Labute approximate surface area is 186 Å². The van der Waals surface area contributed by atoms with E-state index in [1.807, 2.05) is 0 Å². The van der Waals surface area contributed by atoms with Gasteiger partial charge < -0.3 is 4.43 Å². The zero-order valence-electron chi connectivity index (χ0n) is 20.9. The van der Waals surface area contributed by atoms with Crippen molar-refractivity contribution in [1.82, 2.24) is 0 Å². The van der Waals surface area contributed by atoms with Gasteiger partial charge in [0.15, 0.2) is 8.32 Å². The number of ketones is 1. The zero-order valence-corrected chi connectivity index (χ0v) is 21.9. The standard InChI is InChI=1S/C27H46O2Si/c1-9-18-16-19-17-20(28)12-14-26(19,5)22-13-15-27(6)21(24(18)22)10-11-23(27)29-30(7,8)25(2,3)4/h16,18,21-24H,9-15,17H2,1-8H3/t18-,21-,22-,23-,24-,26-,27-/m0/s1. The molecular formula is C27H46O2Si. The van der Waals surface area contributed by atoms with Gasteiger partial charge in [-0.05, 0) is 91.2 Å². The average Bonchev–Trinajstić information content (AvgIpc) is 2.97. The molecule has 2 nitrogen and oxygen atoms in total. The summed E-state index contributed by atoms with van der Waals surface area (Å²) in [5.41, 5.74) is 2.10. The Morgan fingerprint density at radius 3 is 2.43 bits per heavy atom. The summed E-state index contributed by atoms with van der Waals surface area (Å²) in [6.07, 6.45) is 12.1. The lowest BCUT2D eigenvalue weighted by Gasteiger charge is -2.59. The monoisotopic (exact) mass is 430 g/mol. The highest BCUT2D eigenvalue weighted by atomic mass is 28.4. The maximum atomic E-state index is 12.3. The summed E-state index contributed by atoms with van der Waals surface area (Å²) in [7, 11) is -1.76. The molecule has 0 aromatic carbocycles. The number of Topliss-reactive ketones (excluding diaryl/α,β-unsaturated/α-hetero) is 1. The first-order valence-electron chi connectivity index (χ1n) is 12.7. The van der Waals surface area contributed by atoms with Crippen molar-refractivity contribution in [2.75, 3.05) is 0 Å². The predicted octanol–water partition coefficient (Wildman–Crippen LogP) is 7.54.